The predicted octanol–water partition coefficient (Wildman–Crippen LogP) is 1.28. The van der Waals surface area contributed by atoms with Gasteiger partial charge in [0, 0.05) is 37.6 Å². The molecule has 0 spiro atoms. The maximum atomic E-state index is 4.43. The molecule has 1 fully saturated rings. The van der Waals surface area contributed by atoms with Crippen molar-refractivity contribution in [3.8, 4) is 0 Å². The van der Waals surface area contributed by atoms with Crippen molar-refractivity contribution in [1.82, 2.24) is 15.3 Å². The van der Waals surface area contributed by atoms with Crippen LogP contribution in [0.15, 0.2) is 6.07 Å². The third-order valence-corrected chi connectivity index (χ3v) is 2.77. The zero-order chi connectivity index (χ0) is 11.5. The van der Waals surface area contributed by atoms with E-state index in [1.807, 2.05) is 27.0 Å². The molecule has 1 N–H and O–H groups in total. The van der Waals surface area contributed by atoms with Crippen molar-refractivity contribution in [1.29, 1.82) is 0 Å². The van der Waals surface area contributed by atoms with Crippen LogP contribution >= 0.6 is 0 Å². The summed E-state index contributed by atoms with van der Waals surface area (Å²) in [5, 5.41) is 3.49. The van der Waals surface area contributed by atoms with E-state index in [2.05, 4.69) is 20.2 Å². The molecule has 0 atom stereocenters. The molecule has 1 aromatic rings. The third-order valence-electron chi connectivity index (χ3n) is 2.77. The van der Waals surface area contributed by atoms with Gasteiger partial charge in [0.05, 0.1) is 0 Å². The molecule has 1 aromatic heterocycles. The van der Waals surface area contributed by atoms with E-state index in [0.717, 1.165) is 36.5 Å². The van der Waals surface area contributed by atoms with Crippen molar-refractivity contribution in [2.24, 2.45) is 0 Å². The van der Waals surface area contributed by atoms with E-state index in [1.165, 1.54) is 12.8 Å². The Balaban J connectivity index is 1.88. The molecule has 0 aliphatic heterocycles. The highest BCUT2D eigenvalue weighted by molar-refractivity contribution is 5.30. The fraction of sp³-hybridized carbons (Fsp3) is 0.667. The van der Waals surface area contributed by atoms with E-state index in [-0.39, 0.29) is 0 Å². The fourth-order valence-electron chi connectivity index (χ4n) is 1.70. The third kappa shape index (κ3) is 3.17. The van der Waals surface area contributed by atoms with Crippen molar-refractivity contribution < 1.29 is 0 Å². The molecule has 0 aromatic carbocycles. The van der Waals surface area contributed by atoms with Gasteiger partial charge in [-0.15, -0.1) is 0 Å². The molecular weight excluding hydrogens is 200 g/mol. The number of aromatic nitrogens is 2. The SMILES string of the molecule is Cc1cc(C)nc(N(C)CCNC2CC2)n1. The molecule has 0 amide bonds. The first-order valence-electron chi connectivity index (χ1n) is 5.92. The van der Waals surface area contributed by atoms with E-state index < -0.39 is 0 Å². The molecule has 0 unspecified atom stereocenters. The van der Waals surface area contributed by atoms with Gasteiger partial charge in [0.2, 0.25) is 5.95 Å². The normalized spacial score (nSPS) is 15.2. The minimum Gasteiger partial charge on any atom is -0.343 e. The lowest BCUT2D eigenvalue weighted by Gasteiger charge is -2.18. The summed E-state index contributed by atoms with van der Waals surface area (Å²) in [5.41, 5.74) is 2.06. The smallest absolute Gasteiger partial charge is 0.225 e. The summed E-state index contributed by atoms with van der Waals surface area (Å²) in [6.45, 7) is 5.99. The number of likely N-dealkylation sites (N-methyl/N-ethyl adjacent to an activating group) is 1. The molecule has 4 heteroatoms. The highest BCUT2D eigenvalue weighted by Crippen LogP contribution is 2.18. The minimum absolute atomic E-state index is 0.772. The summed E-state index contributed by atoms with van der Waals surface area (Å²) in [7, 11) is 2.04. The number of anilines is 1. The minimum atomic E-state index is 0.772. The summed E-state index contributed by atoms with van der Waals surface area (Å²) in [6.07, 6.45) is 2.67. The molecule has 88 valence electrons. The zero-order valence-electron chi connectivity index (χ0n) is 10.3. The van der Waals surface area contributed by atoms with E-state index in [0.29, 0.717) is 0 Å². The molecule has 16 heavy (non-hydrogen) atoms. The quantitative estimate of drug-likeness (QED) is 0.811. The molecule has 0 radical (unpaired) electrons. The van der Waals surface area contributed by atoms with Crippen LogP contribution in [0.1, 0.15) is 24.2 Å². The molecular formula is C12H20N4. The topological polar surface area (TPSA) is 41.1 Å². The average molecular weight is 220 g/mol. The van der Waals surface area contributed by atoms with Crippen LogP contribution < -0.4 is 10.2 Å². The average Bonchev–Trinajstić information content (AvgIpc) is 3.00. The predicted molar refractivity (Wildman–Crippen MR) is 65.8 cm³/mol. The van der Waals surface area contributed by atoms with Gasteiger partial charge in [0.15, 0.2) is 0 Å². The largest absolute Gasteiger partial charge is 0.343 e. The van der Waals surface area contributed by atoms with Crippen molar-refractivity contribution >= 4 is 5.95 Å². The van der Waals surface area contributed by atoms with Crippen molar-refractivity contribution in [2.75, 3.05) is 25.0 Å². The van der Waals surface area contributed by atoms with E-state index >= 15 is 0 Å². The lowest BCUT2D eigenvalue weighted by atomic mass is 10.3. The Morgan fingerprint density at radius 3 is 2.50 bits per heavy atom. The summed E-state index contributed by atoms with van der Waals surface area (Å²) in [5.74, 6) is 0.829. The Labute approximate surface area is 97.1 Å². The number of hydrogen-bond acceptors (Lipinski definition) is 4. The second-order valence-corrected chi connectivity index (χ2v) is 4.60. The Morgan fingerprint density at radius 1 is 1.31 bits per heavy atom. The van der Waals surface area contributed by atoms with Gasteiger partial charge in [-0.05, 0) is 32.8 Å². The number of aryl methyl sites for hydroxylation is 2. The number of hydrogen-bond donors (Lipinski definition) is 1. The van der Waals surface area contributed by atoms with Gasteiger partial charge in [-0.2, -0.15) is 0 Å². The highest BCUT2D eigenvalue weighted by atomic mass is 15.2. The Morgan fingerprint density at radius 2 is 1.94 bits per heavy atom. The van der Waals surface area contributed by atoms with Crippen LogP contribution in [0, 0.1) is 13.8 Å². The van der Waals surface area contributed by atoms with Crippen LogP contribution in [0.4, 0.5) is 5.95 Å². The number of nitrogens with one attached hydrogen (secondary N) is 1. The maximum absolute atomic E-state index is 4.43. The Bertz CT molecular complexity index is 340. The second-order valence-electron chi connectivity index (χ2n) is 4.60. The Kier molecular flexibility index (Phi) is 3.39. The van der Waals surface area contributed by atoms with Crippen LogP contribution in [0.25, 0.3) is 0 Å². The first-order valence-corrected chi connectivity index (χ1v) is 5.92. The van der Waals surface area contributed by atoms with Crippen molar-refractivity contribution in [3.05, 3.63) is 17.5 Å². The fourth-order valence-corrected chi connectivity index (χ4v) is 1.70. The first-order chi connectivity index (χ1) is 7.65. The van der Waals surface area contributed by atoms with Crippen molar-refractivity contribution in [2.45, 2.75) is 32.7 Å². The summed E-state index contributed by atoms with van der Waals surface area (Å²) < 4.78 is 0. The van der Waals surface area contributed by atoms with Gasteiger partial charge in [0.1, 0.15) is 0 Å². The van der Waals surface area contributed by atoms with Crippen molar-refractivity contribution in [3.63, 3.8) is 0 Å². The zero-order valence-corrected chi connectivity index (χ0v) is 10.3. The summed E-state index contributed by atoms with van der Waals surface area (Å²) in [4.78, 5) is 11.0. The number of nitrogens with zero attached hydrogens (tertiary/aromatic N) is 3. The molecule has 1 aliphatic carbocycles. The van der Waals surface area contributed by atoms with E-state index in [4.69, 9.17) is 0 Å². The second kappa shape index (κ2) is 4.78. The lowest BCUT2D eigenvalue weighted by molar-refractivity contribution is 0.668. The van der Waals surface area contributed by atoms with Gasteiger partial charge >= 0.3 is 0 Å². The molecule has 1 aliphatic rings. The molecule has 4 nitrogen and oxygen atoms in total. The molecule has 1 saturated carbocycles. The van der Waals surface area contributed by atoms with Gasteiger partial charge in [-0.3, -0.25) is 0 Å². The molecule has 1 heterocycles. The molecule has 0 bridgehead atoms. The monoisotopic (exact) mass is 220 g/mol. The van der Waals surface area contributed by atoms with Crippen LogP contribution in [0.5, 0.6) is 0 Å². The van der Waals surface area contributed by atoms with Gasteiger partial charge in [0.25, 0.3) is 0 Å². The van der Waals surface area contributed by atoms with Gasteiger partial charge in [-0.25, -0.2) is 9.97 Å². The summed E-state index contributed by atoms with van der Waals surface area (Å²) >= 11 is 0. The van der Waals surface area contributed by atoms with Gasteiger partial charge < -0.3 is 10.2 Å². The first kappa shape index (κ1) is 11.3. The van der Waals surface area contributed by atoms with E-state index in [9.17, 15) is 0 Å². The lowest BCUT2D eigenvalue weighted by Crippen LogP contribution is -2.31. The number of rotatable bonds is 5. The van der Waals surface area contributed by atoms with Gasteiger partial charge in [-0.1, -0.05) is 0 Å². The molecule has 0 saturated heterocycles. The van der Waals surface area contributed by atoms with Crippen LogP contribution in [0.2, 0.25) is 0 Å². The highest BCUT2D eigenvalue weighted by Gasteiger charge is 2.19. The maximum Gasteiger partial charge on any atom is 0.225 e. The van der Waals surface area contributed by atoms with E-state index in [1.54, 1.807) is 0 Å². The molecule has 2 rings (SSSR count). The van der Waals surface area contributed by atoms with Crippen LogP contribution in [0.3, 0.4) is 0 Å². The summed E-state index contributed by atoms with van der Waals surface area (Å²) in [6, 6.07) is 2.77. The van der Waals surface area contributed by atoms with Crippen LogP contribution in [-0.2, 0) is 0 Å². The van der Waals surface area contributed by atoms with Crippen LogP contribution in [-0.4, -0.2) is 36.1 Å². The standard InChI is InChI=1S/C12H20N4/c1-9-8-10(2)15-12(14-9)16(3)7-6-13-11-4-5-11/h8,11,13H,4-7H2,1-3H3. The Hall–Kier alpha value is -1.16.